The molecule has 2 N–H and O–H groups in total. The van der Waals surface area contributed by atoms with Crippen LogP contribution in [0.1, 0.15) is 158 Å². The van der Waals surface area contributed by atoms with Crippen molar-refractivity contribution in [3.05, 3.63) is 102 Å². The van der Waals surface area contributed by atoms with Gasteiger partial charge in [-0.05, 0) is 85.3 Å². The smallest absolute Gasteiger partial charge is 0.319 e. The monoisotopic (exact) mass is 823 g/mol. The number of hydrogen-bond acceptors (Lipinski definition) is 5. The predicted octanol–water partition coefficient (Wildman–Crippen LogP) is 15.2. The van der Waals surface area contributed by atoms with E-state index in [0.29, 0.717) is 29.2 Å². The van der Waals surface area contributed by atoms with Gasteiger partial charge in [0.05, 0.1) is 22.5 Å². The number of aryl methyl sites for hydroxylation is 1. The molecule has 1 aliphatic rings. The number of nitrogens with zero attached hydrogens (tertiary/aromatic N) is 2. The number of rotatable bonds is 26. The van der Waals surface area contributed by atoms with Gasteiger partial charge in [0.15, 0.2) is 5.78 Å². The van der Waals surface area contributed by atoms with Crippen LogP contribution in [0.4, 0.5) is 16.2 Å². The van der Waals surface area contributed by atoms with Crippen molar-refractivity contribution < 1.29 is 14.3 Å². The summed E-state index contributed by atoms with van der Waals surface area (Å²) in [6, 6.07) is 27.8. The van der Waals surface area contributed by atoms with Crippen molar-refractivity contribution in [1.82, 2.24) is 10.3 Å². The Labute approximate surface area is 366 Å². The Morgan fingerprint density at radius 1 is 0.623 bits per heavy atom. The van der Waals surface area contributed by atoms with Crippen LogP contribution in [-0.2, 0) is 0 Å². The number of nitrogens with one attached hydrogen (secondary N) is 2. The zero-order valence-corrected chi connectivity index (χ0v) is 37.6. The lowest BCUT2D eigenvalue weighted by Crippen LogP contribution is -2.30. The lowest BCUT2D eigenvalue weighted by molar-refractivity contribution is 0.103. The van der Waals surface area contributed by atoms with Crippen LogP contribution < -0.4 is 20.3 Å². The number of carbonyl (C=O) groups excluding carboxylic acids is 2. The predicted molar refractivity (Wildman–Crippen MR) is 257 cm³/mol. The number of carbonyl (C=O) groups is 2. The third kappa shape index (κ3) is 12.2. The number of amides is 2. The van der Waals surface area contributed by atoms with Gasteiger partial charge in [0.25, 0.3) is 0 Å². The van der Waals surface area contributed by atoms with Crippen molar-refractivity contribution in [2.75, 3.05) is 29.9 Å². The number of aromatic nitrogens is 1. The van der Waals surface area contributed by atoms with Gasteiger partial charge >= 0.3 is 6.03 Å². The Kier molecular flexibility index (Phi) is 17.6. The van der Waals surface area contributed by atoms with Crippen molar-refractivity contribution in [1.29, 1.82) is 0 Å². The molecule has 0 saturated heterocycles. The first-order valence-corrected chi connectivity index (χ1v) is 23.7. The fraction of sp³-hybridized carbons (Fsp3) is 0.463. The molecule has 0 saturated carbocycles. The van der Waals surface area contributed by atoms with E-state index in [2.05, 4.69) is 60.6 Å². The minimum atomic E-state index is -0.204. The maximum absolute atomic E-state index is 14.3. The molecule has 1 aliphatic carbocycles. The van der Waals surface area contributed by atoms with E-state index in [1.165, 1.54) is 89.9 Å². The van der Waals surface area contributed by atoms with Crippen molar-refractivity contribution in [3.63, 3.8) is 0 Å². The molecule has 0 bridgehead atoms. The van der Waals surface area contributed by atoms with E-state index in [0.717, 1.165) is 89.0 Å². The highest BCUT2D eigenvalue weighted by Crippen LogP contribution is 2.46. The summed E-state index contributed by atoms with van der Waals surface area (Å²) in [5, 5.41) is 7.24. The van der Waals surface area contributed by atoms with Gasteiger partial charge in [-0.2, -0.15) is 0 Å². The highest BCUT2D eigenvalue weighted by atomic mass is 16.5. The van der Waals surface area contributed by atoms with Gasteiger partial charge in [0.1, 0.15) is 11.5 Å². The van der Waals surface area contributed by atoms with E-state index in [1.54, 1.807) is 0 Å². The van der Waals surface area contributed by atoms with E-state index >= 15 is 0 Å². The van der Waals surface area contributed by atoms with Gasteiger partial charge in [-0.25, -0.2) is 9.78 Å². The number of anilines is 2. The van der Waals surface area contributed by atoms with Crippen molar-refractivity contribution in [2.45, 2.75) is 143 Å². The number of ketones is 1. The summed E-state index contributed by atoms with van der Waals surface area (Å²) < 4.78 is 6.44. The summed E-state index contributed by atoms with van der Waals surface area (Å²) in [5.74, 6) is 1.12. The van der Waals surface area contributed by atoms with Gasteiger partial charge < -0.3 is 20.3 Å². The number of unbranched alkanes of at least 4 members (excludes halogenated alkanes) is 15. The number of para-hydroxylation sites is 1. The average Bonchev–Trinajstić information content (AvgIpc) is 3.27. The lowest BCUT2D eigenvalue weighted by atomic mass is 9.82. The largest absolute Gasteiger partial charge is 0.457 e. The normalized spacial score (nSPS) is 11.8. The molecule has 7 heteroatoms. The maximum atomic E-state index is 14.3. The summed E-state index contributed by atoms with van der Waals surface area (Å²) in [4.78, 5) is 35.9. The number of fused-ring (bicyclic) bond motifs is 2. The number of ether oxygens (including phenoxy) is 1. The van der Waals surface area contributed by atoms with Gasteiger partial charge in [-0.15, -0.1) is 0 Å². The Morgan fingerprint density at radius 2 is 1.21 bits per heavy atom. The summed E-state index contributed by atoms with van der Waals surface area (Å²) in [7, 11) is 0. The lowest BCUT2D eigenvalue weighted by Gasteiger charge is -2.27. The summed E-state index contributed by atoms with van der Waals surface area (Å²) >= 11 is 0. The first-order valence-electron chi connectivity index (χ1n) is 23.7. The minimum Gasteiger partial charge on any atom is -0.457 e. The molecule has 0 unspecified atom stereocenters. The molecule has 1 heterocycles. The van der Waals surface area contributed by atoms with Gasteiger partial charge in [-0.1, -0.05) is 160 Å². The van der Waals surface area contributed by atoms with Gasteiger partial charge in [-0.3, -0.25) is 4.79 Å². The van der Waals surface area contributed by atoms with Crippen LogP contribution in [0.2, 0.25) is 0 Å². The molecule has 0 fully saturated rings. The molecular formula is C54H70N4O3. The Morgan fingerprint density at radius 3 is 1.87 bits per heavy atom. The molecule has 0 aliphatic heterocycles. The SMILES string of the molecule is CCCCCCCCNC(=O)Nc1cc(N(CCCCCCCC)CCCCCCCC)ccc1-c1cc2c3c(c(Oc4ccccc4)cc(C)c3n1)C(=O)c1ccccc1-2. The molecule has 1 aromatic heterocycles. The molecule has 4 aromatic carbocycles. The number of urea groups is 1. The Hall–Kier alpha value is -5.17. The van der Waals surface area contributed by atoms with Crippen LogP contribution in [0, 0.1) is 6.92 Å². The average molecular weight is 823 g/mol. The van der Waals surface area contributed by atoms with Crippen molar-refractivity contribution in [3.8, 4) is 33.9 Å². The Bertz CT molecular complexity index is 2170. The second-order valence-corrected chi connectivity index (χ2v) is 17.0. The highest BCUT2D eigenvalue weighted by Gasteiger charge is 2.31. The number of pyridine rings is 1. The zero-order chi connectivity index (χ0) is 42.8. The minimum absolute atomic E-state index is 0.0712. The fourth-order valence-electron chi connectivity index (χ4n) is 8.73. The first kappa shape index (κ1) is 45.4. The Balaban J connectivity index is 1.38. The van der Waals surface area contributed by atoms with Crippen LogP contribution in [-0.4, -0.2) is 36.4 Å². The summed E-state index contributed by atoms with van der Waals surface area (Å²) in [5.41, 5.74) is 8.07. The fourth-order valence-corrected chi connectivity index (χ4v) is 8.73. The zero-order valence-electron chi connectivity index (χ0n) is 37.6. The van der Waals surface area contributed by atoms with Crippen LogP contribution in [0.25, 0.3) is 33.3 Å². The molecule has 61 heavy (non-hydrogen) atoms. The molecule has 0 radical (unpaired) electrons. The third-order valence-corrected chi connectivity index (χ3v) is 12.2. The molecule has 0 spiro atoms. The van der Waals surface area contributed by atoms with Crippen LogP contribution >= 0.6 is 0 Å². The van der Waals surface area contributed by atoms with Crippen LogP contribution in [0.3, 0.4) is 0 Å². The number of hydrogen-bond donors (Lipinski definition) is 2. The molecule has 0 atom stereocenters. The maximum Gasteiger partial charge on any atom is 0.319 e. The van der Waals surface area contributed by atoms with E-state index < -0.39 is 0 Å². The molecular weight excluding hydrogens is 753 g/mol. The summed E-state index contributed by atoms with van der Waals surface area (Å²) in [6.45, 7) is 11.4. The molecule has 7 nitrogen and oxygen atoms in total. The first-order chi connectivity index (χ1) is 29.9. The number of benzene rings is 4. The molecule has 2 amide bonds. The molecule has 324 valence electrons. The summed E-state index contributed by atoms with van der Waals surface area (Å²) in [6.07, 6.45) is 22.0. The third-order valence-electron chi connectivity index (χ3n) is 12.2. The van der Waals surface area contributed by atoms with E-state index in [-0.39, 0.29) is 11.8 Å². The topological polar surface area (TPSA) is 83.6 Å². The van der Waals surface area contributed by atoms with Crippen LogP contribution in [0.5, 0.6) is 11.5 Å². The molecule has 6 rings (SSSR count). The standard InChI is InChI=1S/C54H70N4O3/c1-5-8-11-14-17-25-34-55-54(60)57-47-38-41(58(35-26-18-15-12-9-6-2)36-27-19-16-13-10-7-3)32-33-45(47)48-39-46-43-30-23-24-31-44(43)53(59)51-49(61-42-28-21-20-22-29-42)37-40(4)52(56-48)50(46)51/h20-24,28-33,37-39H,5-19,25-27,34-36H2,1-4H3,(H2,55,57,60). The molecule has 5 aromatic rings. The highest BCUT2D eigenvalue weighted by molar-refractivity contribution is 6.27. The van der Waals surface area contributed by atoms with Crippen molar-refractivity contribution >= 4 is 34.1 Å². The van der Waals surface area contributed by atoms with Gasteiger partial charge in [0, 0.05) is 41.8 Å². The quantitative estimate of drug-likeness (QED) is 0.0532. The second-order valence-electron chi connectivity index (χ2n) is 17.0. The van der Waals surface area contributed by atoms with E-state index in [4.69, 9.17) is 9.72 Å². The second kappa shape index (κ2) is 23.7. The van der Waals surface area contributed by atoms with E-state index in [9.17, 15) is 9.59 Å². The van der Waals surface area contributed by atoms with Gasteiger partial charge in [0.2, 0.25) is 0 Å². The van der Waals surface area contributed by atoms with E-state index in [1.807, 2.05) is 67.6 Å². The van der Waals surface area contributed by atoms with Crippen LogP contribution in [0.15, 0.2) is 84.9 Å². The van der Waals surface area contributed by atoms with Crippen molar-refractivity contribution in [2.24, 2.45) is 0 Å².